The fourth-order valence-electron chi connectivity index (χ4n) is 3.00. The van der Waals surface area contributed by atoms with Crippen molar-refractivity contribution in [1.82, 2.24) is 29.4 Å². The third-order valence-electron chi connectivity index (χ3n) is 4.32. The zero-order valence-corrected chi connectivity index (χ0v) is 13.5. The van der Waals surface area contributed by atoms with E-state index in [2.05, 4.69) is 20.2 Å². The Morgan fingerprint density at radius 3 is 2.67 bits per heavy atom. The normalized spacial score (nSPS) is 16.8. The number of nitrogens with zero attached hydrogens (tertiary/aromatic N) is 6. The largest absolute Gasteiger partial charge is 0.299 e. The average molecular weight is 338 g/mol. The Morgan fingerprint density at radius 1 is 1.33 bits per heavy atom. The molecule has 0 saturated carbocycles. The number of alkyl halides is 2. The van der Waals surface area contributed by atoms with Gasteiger partial charge in [0, 0.05) is 32.4 Å². The Bertz CT molecular complexity index is 736. The average Bonchev–Trinajstić information content (AvgIpc) is 2.96. The molecule has 1 saturated heterocycles. The summed E-state index contributed by atoms with van der Waals surface area (Å²) in [5, 5.41) is 8.01. The molecule has 0 aromatic carbocycles. The van der Waals surface area contributed by atoms with E-state index in [1.165, 1.54) is 10.9 Å². The molecule has 0 unspecified atom stereocenters. The van der Waals surface area contributed by atoms with E-state index < -0.39 is 17.7 Å². The van der Waals surface area contributed by atoms with Crippen molar-refractivity contribution in [2.24, 2.45) is 13.0 Å². The summed E-state index contributed by atoms with van der Waals surface area (Å²) in [7, 11) is 1.84. The molecule has 0 radical (unpaired) electrons. The van der Waals surface area contributed by atoms with Gasteiger partial charge in [-0.3, -0.25) is 18.9 Å². The van der Waals surface area contributed by atoms with Gasteiger partial charge in [-0.2, -0.15) is 0 Å². The highest BCUT2D eigenvalue weighted by Gasteiger charge is 2.21. The molecule has 0 bridgehead atoms. The molecule has 1 aliphatic heterocycles. The van der Waals surface area contributed by atoms with Crippen LogP contribution in [0.15, 0.2) is 23.4 Å². The molecule has 0 N–H and O–H groups in total. The van der Waals surface area contributed by atoms with Crippen molar-refractivity contribution in [1.29, 1.82) is 0 Å². The molecule has 1 fully saturated rings. The predicted octanol–water partition coefficient (Wildman–Crippen LogP) is 1.22. The molecular weight excluding hydrogens is 318 g/mol. The smallest absolute Gasteiger partial charge is 0.280 e. The molecule has 0 aliphatic carbocycles. The van der Waals surface area contributed by atoms with E-state index >= 15 is 0 Å². The van der Waals surface area contributed by atoms with Gasteiger partial charge in [0.05, 0.1) is 12.0 Å². The molecule has 7 nitrogen and oxygen atoms in total. The standard InChI is InChI=1S/C15H20F2N6O/c1-21-8-12(19-20-21)9-22-4-2-11(3-5-22)7-23-10-18-13(15(16)17)6-14(23)24/h6,8,10-11,15H,2-5,7,9H2,1H3. The molecule has 9 heteroatoms. The van der Waals surface area contributed by atoms with Gasteiger partial charge in [-0.05, 0) is 31.8 Å². The maximum absolute atomic E-state index is 12.5. The lowest BCUT2D eigenvalue weighted by Gasteiger charge is -2.31. The summed E-state index contributed by atoms with van der Waals surface area (Å²) in [6.07, 6.45) is 2.32. The molecule has 3 rings (SSSR count). The first-order chi connectivity index (χ1) is 11.5. The molecule has 2 aromatic rings. The summed E-state index contributed by atoms with van der Waals surface area (Å²) < 4.78 is 28.2. The molecule has 2 aromatic heterocycles. The van der Waals surface area contributed by atoms with Gasteiger partial charge in [-0.25, -0.2) is 13.8 Å². The minimum Gasteiger partial charge on any atom is -0.299 e. The minimum atomic E-state index is -2.71. The third-order valence-corrected chi connectivity index (χ3v) is 4.32. The summed E-state index contributed by atoms with van der Waals surface area (Å²) in [6, 6.07) is 0.924. The number of rotatable bonds is 5. The van der Waals surface area contributed by atoms with Crippen LogP contribution in [0.1, 0.15) is 30.7 Å². The lowest BCUT2D eigenvalue weighted by Crippen LogP contribution is -2.36. The number of piperidine rings is 1. The summed E-state index contributed by atoms with van der Waals surface area (Å²) >= 11 is 0. The lowest BCUT2D eigenvalue weighted by molar-refractivity contribution is 0.144. The van der Waals surface area contributed by atoms with E-state index in [4.69, 9.17) is 0 Å². The van der Waals surface area contributed by atoms with Gasteiger partial charge >= 0.3 is 0 Å². The maximum Gasteiger partial charge on any atom is 0.280 e. The highest BCUT2D eigenvalue weighted by molar-refractivity contribution is 5.01. The van der Waals surface area contributed by atoms with Crippen LogP contribution in [-0.2, 0) is 20.1 Å². The Hall–Kier alpha value is -2.16. The number of aryl methyl sites for hydroxylation is 1. The van der Waals surface area contributed by atoms with Crippen LogP contribution >= 0.6 is 0 Å². The van der Waals surface area contributed by atoms with Crippen LogP contribution < -0.4 is 5.56 Å². The number of aromatic nitrogens is 5. The van der Waals surface area contributed by atoms with E-state index in [1.807, 2.05) is 13.2 Å². The quantitative estimate of drug-likeness (QED) is 0.820. The van der Waals surface area contributed by atoms with Crippen molar-refractivity contribution in [2.75, 3.05) is 13.1 Å². The molecule has 0 spiro atoms. The van der Waals surface area contributed by atoms with E-state index in [0.717, 1.165) is 44.2 Å². The van der Waals surface area contributed by atoms with Gasteiger partial charge in [0.1, 0.15) is 5.69 Å². The fourth-order valence-corrected chi connectivity index (χ4v) is 3.00. The summed E-state index contributed by atoms with van der Waals surface area (Å²) in [4.78, 5) is 17.9. The van der Waals surface area contributed by atoms with Crippen LogP contribution in [0.3, 0.4) is 0 Å². The molecule has 1 aliphatic rings. The number of hydrogen-bond donors (Lipinski definition) is 0. The van der Waals surface area contributed by atoms with Gasteiger partial charge in [0.15, 0.2) is 0 Å². The van der Waals surface area contributed by atoms with Gasteiger partial charge in [-0.1, -0.05) is 5.21 Å². The van der Waals surface area contributed by atoms with Gasteiger partial charge in [0.25, 0.3) is 12.0 Å². The Morgan fingerprint density at radius 2 is 2.08 bits per heavy atom. The van der Waals surface area contributed by atoms with E-state index in [9.17, 15) is 13.6 Å². The fraction of sp³-hybridized carbons (Fsp3) is 0.600. The van der Waals surface area contributed by atoms with Crippen LogP contribution in [0, 0.1) is 5.92 Å². The van der Waals surface area contributed by atoms with E-state index in [0.29, 0.717) is 12.5 Å². The highest BCUT2D eigenvalue weighted by atomic mass is 19.3. The van der Waals surface area contributed by atoms with Crippen LogP contribution in [-0.4, -0.2) is 42.5 Å². The zero-order valence-electron chi connectivity index (χ0n) is 13.5. The van der Waals surface area contributed by atoms with Crippen molar-refractivity contribution in [3.63, 3.8) is 0 Å². The first kappa shape index (κ1) is 16.7. The van der Waals surface area contributed by atoms with Crippen molar-refractivity contribution >= 4 is 0 Å². The second kappa shape index (κ2) is 7.16. The number of halogens is 2. The van der Waals surface area contributed by atoms with Crippen molar-refractivity contribution in [3.8, 4) is 0 Å². The lowest BCUT2D eigenvalue weighted by atomic mass is 9.96. The number of hydrogen-bond acceptors (Lipinski definition) is 5. The third kappa shape index (κ3) is 4.02. The SMILES string of the molecule is Cn1cc(CN2CCC(Cn3cnc(C(F)F)cc3=O)CC2)nn1. The zero-order chi connectivity index (χ0) is 17.1. The Balaban J connectivity index is 1.53. The van der Waals surface area contributed by atoms with Gasteiger partial charge in [0.2, 0.25) is 0 Å². The van der Waals surface area contributed by atoms with Crippen LogP contribution in [0.25, 0.3) is 0 Å². The van der Waals surface area contributed by atoms with E-state index in [-0.39, 0.29) is 0 Å². The predicted molar refractivity (Wildman–Crippen MR) is 82.5 cm³/mol. The van der Waals surface area contributed by atoms with Crippen molar-refractivity contribution in [3.05, 3.63) is 40.3 Å². The Kier molecular flexibility index (Phi) is 4.98. The van der Waals surface area contributed by atoms with Gasteiger partial charge in [-0.15, -0.1) is 5.10 Å². The Labute approximate surface area is 137 Å². The summed E-state index contributed by atoms with van der Waals surface area (Å²) in [6.45, 7) is 3.12. The first-order valence-corrected chi connectivity index (χ1v) is 7.93. The molecular formula is C15H20F2N6O. The first-order valence-electron chi connectivity index (χ1n) is 7.93. The highest BCUT2D eigenvalue weighted by Crippen LogP contribution is 2.20. The maximum atomic E-state index is 12.5. The van der Waals surface area contributed by atoms with Gasteiger partial charge < -0.3 is 0 Å². The van der Waals surface area contributed by atoms with Crippen molar-refractivity contribution < 1.29 is 8.78 Å². The van der Waals surface area contributed by atoms with E-state index in [1.54, 1.807) is 4.68 Å². The monoisotopic (exact) mass is 338 g/mol. The topological polar surface area (TPSA) is 68.8 Å². The summed E-state index contributed by atoms with van der Waals surface area (Å²) in [5.41, 5.74) is 0.0660. The molecule has 3 heterocycles. The second-order valence-corrected chi connectivity index (χ2v) is 6.21. The van der Waals surface area contributed by atoms with Crippen LogP contribution in [0.4, 0.5) is 8.78 Å². The molecule has 0 amide bonds. The summed E-state index contributed by atoms with van der Waals surface area (Å²) in [5.74, 6) is 0.347. The number of likely N-dealkylation sites (tertiary alicyclic amines) is 1. The molecule has 24 heavy (non-hydrogen) atoms. The van der Waals surface area contributed by atoms with Crippen molar-refractivity contribution in [2.45, 2.75) is 32.4 Å². The molecule has 0 atom stereocenters. The second-order valence-electron chi connectivity index (χ2n) is 6.21. The van der Waals surface area contributed by atoms with Crippen LogP contribution in [0.2, 0.25) is 0 Å². The molecule has 130 valence electrons. The minimum absolute atomic E-state index is 0.347. The van der Waals surface area contributed by atoms with Crippen LogP contribution in [0.5, 0.6) is 0 Å².